The van der Waals surface area contributed by atoms with Crippen LogP contribution < -0.4 is 11.3 Å². The molecule has 0 aliphatic heterocycles. The van der Waals surface area contributed by atoms with Gasteiger partial charge in [-0.1, -0.05) is 6.07 Å². The minimum Gasteiger partial charge on any atom is -0.271 e. The molecule has 6 heteroatoms. The van der Waals surface area contributed by atoms with Crippen molar-refractivity contribution in [2.24, 2.45) is 5.84 Å². The number of hydrogen-bond donors (Lipinski definition) is 2. The summed E-state index contributed by atoms with van der Waals surface area (Å²) in [6, 6.07) is 2.75. The van der Waals surface area contributed by atoms with E-state index in [2.05, 4.69) is 15.4 Å². The van der Waals surface area contributed by atoms with Crippen LogP contribution in [0.4, 0.5) is 8.78 Å². The Morgan fingerprint density at radius 3 is 2.41 bits per heavy atom. The van der Waals surface area contributed by atoms with Crippen LogP contribution in [-0.2, 0) is 0 Å². The van der Waals surface area contributed by atoms with Gasteiger partial charge in [0, 0.05) is 18.0 Å². The quantitative estimate of drug-likeness (QED) is 0.623. The van der Waals surface area contributed by atoms with Gasteiger partial charge in [0.25, 0.3) is 0 Å². The van der Waals surface area contributed by atoms with E-state index in [1.807, 2.05) is 0 Å². The third-order valence-corrected chi connectivity index (χ3v) is 2.33. The monoisotopic (exact) mass is 236 g/mol. The maximum Gasteiger partial charge on any atom is 0.131 e. The van der Waals surface area contributed by atoms with E-state index in [4.69, 9.17) is 5.84 Å². The molecule has 0 saturated carbocycles. The maximum absolute atomic E-state index is 13.6. The van der Waals surface area contributed by atoms with Crippen molar-refractivity contribution >= 4 is 0 Å². The molecule has 0 spiro atoms. The second-order valence-electron chi connectivity index (χ2n) is 3.37. The van der Waals surface area contributed by atoms with E-state index >= 15 is 0 Å². The number of aromatic nitrogens is 2. The first-order valence-corrected chi connectivity index (χ1v) is 4.90. The lowest BCUT2D eigenvalue weighted by molar-refractivity contribution is 0.504. The number of benzene rings is 1. The number of nitrogens with two attached hydrogens (primary N) is 1. The zero-order chi connectivity index (χ0) is 12.3. The van der Waals surface area contributed by atoms with Crippen molar-refractivity contribution in [2.75, 3.05) is 0 Å². The van der Waals surface area contributed by atoms with E-state index in [-0.39, 0.29) is 5.56 Å². The van der Waals surface area contributed by atoms with Crippen molar-refractivity contribution in [1.29, 1.82) is 0 Å². The molecular formula is C11H10F2N4. The van der Waals surface area contributed by atoms with Crippen LogP contribution in [0.5, 0.6) is 0 Å². The summed E-state index contributed by atoms with van der Waals surface area (Å²) >= 11 is 0. The number of halogens is 2. The standard InChI is InChI=1S/C11H10F2N4/c12-7-2-1-3-8(13)10(7)11(17-14)9-6-15-4-5-16-9/h1-6,11,17H,14H2. The van der Waals surface area contributed by atoms with Crippen molar-refractivity contribution < 1.29 is 8.78 Å². The molecular weight excluding hydrogens is 226 g/mol. The molecule has 2 aromatic rings. The smallest absolute Gasteiger partial charge is 0.131 e. The summed E-state index contributed by atoms with van der Waals surface area (Å²) < 4.78 is 27.2. The Hall–Kier alpha value is -1.92. The Morgan fingerprint density at radius 1 is 1.18 bits per heavy atom. The van der Waals surface area contributed by atoms with E-state index in [0.717, 1.165) is 0 Å². The van der Waals surface area contributed by atoms with E-state index in [9.17, 15) is 8.78 Å². The van der Waals surface area contributed by atoms with Crippen molar-refractivity contribution in [3.63, 3.8) is 0 Å². The third-order valence-electron chi connectivity index (χ3n) is 2.33. The van der Waals surface area contributed by atoms with E-state index < -0.39 is 17.7 Å². The summed E-state index contributed by atoms with van der Waals surface area (Å²) in [7, 11) is 0. The molecule has 88 valence electrons. The molecule has 4 nitrogen and oxygen atoms in total. The predicted molar refractivity (Wildman–Crippen MR) is 57.6 cm³/mol. The molecule has 0 radical (unpaired) electrons. The summed E-state index contributed by atoms with van der Waals surface area (Å²) in [4.78, 5) is 7.81. The molecule has 1 aromatic heterocycles. The van der Waals surface area contributed by atoms with Crippen LogP contribution in [0.15, 0.2) is 36.8 Å². The Balaban J connectivity index is 2.50. The molecule has 0 fully saturated rings. The van der Waals surface area contributed by atoms with Crippen molar-refractivity contribution in [1.82, 2.24) is 15.4 Å². The average molecular weight is 236 g/mol. The van der Waals surface area contributed by atoms with Crippen LogP contribution >= 0.6 is 0 Å². The first-order valence-electron chi connectivity index (χ1n) is 4.90. The molecule has 2 rings (SSSR count). The minimum absolute atomic E-state index is 0.171. The number of hydrogen-bond acceptors (Lipinski definition) is 4. The number of rotatable bonds is 3. The van der Waals surface area contributed by atoms with Crippen LogP contribution in [0.2, 0.25) is 0 Å². The summed E-state index contributed by atoms with van der Waals surface area (Å²) in [5.74, 6) is 3.96. The van der Waals surface area contributed by atoms with Crippen molar-refractivity contribution in [3.05, 3.63) is 59.7 Å². The number of hydrazine groups is 1. The van der Waals surface area contributed by atoms with Gasteiger partial charge in [-0.25, -0.2) is 14.2 Å². The van der Waals surface area contributed by atoms with Gasteiger partial charge in [-0.05, 0) is 12.1 Å². The molecule has 0 amide bonds. The largest absolute Gasteiger partial charge is 0.271 e. The topological polar surface area (TPSA) is 63.8 Å². The summed E-state index contributed by atoms with van der Waals surface area (Å²) in [6.45, 7) is 0. The molecule has 3 N–H and O–H groups in total. The van der Waals surface area contributed by atoms with Gasteiger partial charge in [0.2, 0.25) is 0 Å². The van der Waals surface area contributed by atoms with Crippen molar-refractivity contribution in [2.45, 2.75) is 6.04 Å². The summed E-state index contributed by atoms with van der Waals surface area (Å²) in [6.07, 6.45) is 4.30. The van der Waals surface area contributed by atoms with Crippen LogP contribution in [0.1, 0.15) is 17.3 Å². The van der Waals surface area contributed by atoms with E-state index in [1.165, 1.54) is 36.8 Å². The lowest BCUT2D eigenvalue weighted by Gasteiger charge is -2.16. The molecule has 1 unspecified atom stereocenters. The van der Waals surface area contributed by atoms with Gasteiger partial charge < -0.3 is 0 Å². The first kappa shape index (κ1) is 11.6. The fraction of sp³-hybridized carbons (Fsp3) is 0.0909. The molecule has 0 aliphatic carbocycles. The van der Waals surface area contributed by atoms with E-state index in [0.29, 0.717) is 5.69 Å². The Labute approximate surface area is 96.5 Å². The molecule has 1 atom stereocenters. The second-order valence-corrected chi connectivity index (χ2v) is 3.37. The highest BCUT2D eigenvalue weighted by Crippen LogP contribution is 2.24. The Kier molecular flexibility index (Phi) is 3.36. The predicted octanol–water partition coefficient (Wildman–Crippen LogP) is 1.31. The summed E-state index contributed by atoms with van der Waals surface area (Å²) in [5, 5.41) is 0. The lowest BCUT2D eigenvalue weighted by Crippen LogP contribution is -2.31. The molecule has 17 heavy (non-hydrogen) atoms. The van der Waals surface area contributed by atoms with Crippen molar-refractivity contribution in [3.8, 4) is 0 Å². The Bertz CT molecular complexity index is 484. The molecule has 0 aliphatic rings. The fourth-order valence-electron chi connectivity index (χ4n) is 1.56. The first-order chi connectivity index (χ1) is 8.24. The van der Waals surface area contributed by atoms with Crippen LogP contribution in [0.3, 0.4) is 0 Å². The van der Waals surface area contributed by atoms with E-state index in [1.54, 1.807) is 0 Å². The van der Waals surface area contributed by atoms with Gasteiger partial charge >= 0.3 is 0 Å². The van der Waals surface area contributed by atoms with Gasteiger partial charge in [-0.3, -0.25) is 15.8 Å². The van der Waals surface area contributed by atoms with Crippen LogP contribution in [0.25, 0.3) is 0 Å². The highest BCUT2D eigenvalue weighted by atomic mass is 19.1. The van der Waals surface area contributed by atoms with Crippen LogP contribution in [0, 0.1) is 11.6 Å². The normalized spacial score (nSPS) is 12.4. The fourth-order valence-corrected chi connectivity index (χ4v) is 1.56. The van der Waals surface area contributed by atoms with Gasteiger partial charge in [0.1, 0.15) is 11.6 Å². The average Bonchev–Trinajstić information content (AvgIpc) is 2.35. The zero-order valence-corrected chi connectivity index (χ0v) is 8.77. The molecule has 0 bridgehead atoms. The second kappa shape index (κ2) is 4.94. The van der Waals surface area contributed by atoms with Gasteiger partial charge in [-0.15, -0.1) is 0 Å². The number of nitrogens with zero attached hydrogens (tertiary/aromatic N) is 2. The summed E-state index contributed by atoms with van der Waals surface area (Å²) in [5.41, 5.74) is 2.51. The lowest BCUT2D eigenvalue weighted by atomic mass is 10.0. The highest BCUT2D eigenvalue weighted by molar-refractivity contribution is 5.29. The molecule has 1 aromatic carbocycles. The van der Waals surface area contributed by atoms with Gasteiger partial charge in [-0.2, -0.15) is 0 Å². The Morgan fingerprint density at radius 2 is 1.88 bits per heavy atom. The highest BCUT2D eigenvalue weighted by Gasteiger charge is 2.21. The molecule has 1 heterocycles. The number of nitrogens with one attached hydrogen (secondary N) is 1. The molecule has 0 saturated heterocycles. The van der Waals surface area contributed by atoms with Gasteiger partial charge in [0.15, 0.2) is 0 Å². The minimum atomic E-state index is -0.870. The van der Waals surface area contributed by atoms with Crippen LogP contribution in [-0.4, -0.2) is 9.97 Å². The third kappa shape index (κ3) is 2.27. The SMILES string of the molecule is NNC(c1cnccn1)c1c(F)cccc1F. The maximum atomic E-state index is 13.6. The van der Waals surface area contributed by atoms with Gasteiger partial charge in [0.05, 0.1) is 17.9 Å². The zero-order valence-electron chi connectivity index (χ0n) is 8.77.